The van der Waals surface area contributed by atoms with Gasteiger partial charge in [-0.05, 0) is 13.8 Å². The predicted molar refractivity (Wildman–Crippen MR) is 34.6 cm³/mol. The maximum absolute atomic E-state index is 10.3. The van der Waals surface area contributed by atoms with Crippen molar-refractivity contribution in [2.24, 2.45) is 0 Å². The molecule has 0 aromatic carbocycles. The number of ketones is 1. The number of carbonyl (C=O) groups excluding carboxylic acids is 1. The van der Waals surface area contributed by atoms with Crippen molar-refractivity contribution in [3.05, 3.63) is 0 Å². The molecule has 0 aromatic heterocycles. The van der Waals surface area contributed by atoms with Crippen LogP contribution in [0.15, 0.2) is 0 Å². The van der Waals surface area contributed by atoms with Crippen molar-refractivity contribution >= 4 is 11.8 Å². The number of hydrogen-bond acceptors (Lipinski definition) is 2. The summed E-state index contributed by atoms with van der Waals surface area (Å²) in [5.74, 6) is -1.37. The highest BCUT2D eigenvalue weighted by molar-refractivity contribution is 5.93. The van der Waals surface area contributed by atoms with Crippen LogP contribution in [0.25, 0.3) is 0 Å². The number of halogens is 1. The second-order valence-electron chi connectivity index (χ2n) is 1.54. The van der Waals surface area contributed by atoms with Crippen LogP contribution in [0.1, 0.15) is 20.3 Å². The van der Waals surface area contributed by atoms with Gasteiger partial charge in [0.15, 0.2) is 0 Å². The Labute approximate surface area is 58.9 Å². The van der Waals surface area contributed by atoms with Gasteiger partial charge in [0.1, 0.15) is 12.2 Å². The molecule has 0 saturated carbocycles. The lowest BCUT2D eigenvalue weighted by atomic mass is 10.3. The van der Waals surface area contributed by atoms with E-state index >= 15 is 0 Å². The molecule has 0 heterocycles. The first-order valence-electron chi connectivity index (χ1n) is 2.81. The smallest absolute Gasteiger partial charge is 0.310 e. The number of alkyl halides is 1. The van der Waals surface area contributed by atoms with Crippen molar-refractivity contribution in [1.82, 2.24) is 0 Å². The third-order valence-corrected chi connectivity index (χ3v) is 0.400. The molecule has 0 spiro atoms. The Morgan fingerprint density at radius 3 is 1.80 bits per heavy atom. The molecule has 0 unspecified atom stereocenters. The summed E-state index contributed by atoms with van der Waals surface area (Å²) in [4.78, 5) is 19.5. The van der Waals surface area contributed by atoms with Gasteiger partial charge in [0.2, 0.25) is 0 Å². The summed E-state index contributed by atoms with van der Waals surface area (Å²) in [6.07, 6.45) is -0.361. The van der Waals surface area contributed by atoms with Crippen molar-refractivity contribution in [3.63, 3.8) is 0 Å². The molecule has 0 radical (unpaired) electrons. The topological polar surface area (TPSA) is 54.4 Å². The van der Waals surface area contributed by atoms with E-state index in [1.807, 2.05) is 0 Å². The first-order valence-corrected chi connectivity index (χ1v) is 2.81. The Morgan fingerprint density at radius 2 is 1.80 bits per heavy atom. The zero-order valence-corrected chi connectivity index (χ0v) is 6.06. The van der Waals surface area contributed by atoms with Crippen LogP contribution in [-0.4, -0.2) is 23.5 Å². The van der Waals surface area contributed by atoms with Gasteiger partial charge in [-0.3, -0.25) is 14.0 Å². The summed E-state index contributed by atoms with van der Waals surface area (Å²) in [7, 11) is 0. The Kier molecular flexibility index (Phi) is 9.54. The molecular formula is C6H11FO3. The van der Waals surface area contributed by atoms with Crippen LogP contribution in [-0.2, 0) is 9.59 Å². The van der Waals surface area contributed by atoms with E-state index in [4.69, 9.17) is 5.11 Å². The molecule has 0 aliphatic heterocycles. The van der Waals surface area contributed by atoms with E-state index in [0.29, 0.717) is 0 Å². The molecule has 0 amide bonds. The van der Waals surface area contributed by atoms with E-state index in [0.717, 1.165) is 0 Å². The van der Waals surface area contributed by atoms with E-state index < -0.39 is 5.97 Å². The fourth-order valence-electron chi connectivity index (χ4n) is 0.213. The molecule has 3 nitrogen and oxygen atoms in total. The van der Waals surface area contributed by atoms with Crippen molar-refractivity contribution in [2.45, 2.75) is 20.3 Å². The average molecular weight is 150 g/mol. The highest BCUT2D eigenvalue weighted by Crippen LogP contribution is 1.77. The molecule has 0 aromatic rings. The number of aliphatic carboxylic acids is 1. The largest absolute Gasteiger partial charge is 0.481 e. The Hall–Kier alpha value is -0.930. The molecule has 0 fully saturated rings. The van der Waals surface area contributed by atoms with Gasteiger partial charge in [0, 0.05) is 0 Å². The second kappa shape index (κ2) is 8.07. The third-order valence-electron chi connectivity index (χ3n) is 0.400. The summed E-state index contributed by atoms with van der Waals surface area (Å²) in [6.45, 7) is 2.45. The number of Topliss-reactive ketones (excluding diaryl/α,β-unsaturated/α-hetero) is 1. The SMILES string of the molecule is CC(=O)CC(=O)O.CCF. The molecule has 10 heavy (non-hydrogen) atoms. The second-order valence-corrected chi connectivity index (χ2v) is 1.54. The number of carboxylic acid groups (broad SMARTS) is 1. The van der Waals surface area contributed by atoms with Gasteiger partial charge >= 0.3 is 5.97 Å². The minimum atomic E-state index is -1.06. The van der Waals surface area contributed by atoms with Gasteiger partial charge in [-0.25, -0.2) is 0 Å². The minimum absolute atomic E-state index is 0.250. The monoisotopic (exact) mass is 150 g/mol. The molecule has 0 rings (SSSR count). The van der Waals surface area contributed by atoms with Gasteiger partial charge < -0.3 is 5.11 Å². The van der Waals surface area contributed by atoms with Gasteiger partial charge in [-0.1, -0.05) is 0 Å². The highest BCUT2D eigenvalue weighted by Gasteiger charge is 1.98. The van der Waals surface area contributed by atoms with Gasteiger partial charge in [-0.2, -0.15) is 0 Å². The molecule has 60 valence electrons. The average Bonchev–Trinajstić information content (AvgIpc) is 1.62. The van der Waals surface area contributed by atoms with Crippen LogP contribution in [0.4, 0.5) is 4.39 Å². The van der Waals surface area contributed by atoms with Crippen molar-refractivity contribution < 1.29 is 19.1 Å². The van der Waals surface area contributed by atoms with Crippen molar-refractivity contribution in [2.75, 3.05) is 6.67 Å². The zero-order valence-electron chi connectivity index (χ0n) is 6.06. The number of carbonyl (C=O) groups is 2. The Bertz CT molecular complexity index is 99.6. The molecule has 1 N–H and O–H groups in total. The first kappa shape index (κ1) is 11.8. The predicted octanol–water partition coefficient (Wildman–Crippen LogP) is 1.03. The van der Waals surface area contributed by atoms with Gasteiger partial charge in [0.05, 0.1) is 6.67 Å². The highest BCUT2D eigenvalue weighted by atomic mass is 19.1. The van der Waals surface area contributed by atoms with E-state index in [2.05, 4.69) is 0 Å². The maximum Gasteiger partial charge on any atom is 0.310 e. The standard InChI is InChI=1S/C4H6O3.C2H5F/c1-3(5)2-4(6)7;1-2-3/h2H2,1H3,(H,6,7);2H2,1H3. The van der Waals surface area contributed by atoms with E-state index in [1.165, 1.54) is 13.8 Å². The van der Waals surface area contributed by atoms with E-state index in [-0.39, 0.29) is 18.9 Å². The molecule has 0 aliphatic rings. The number of carboxylic acids is 1. The summed E-state index contributed by atoms with van der Waals surface area (Å²) in [5, 5.41) is 7.86. The molecular weight excluding hydrogens is 139 g/mol. The van der Waals surface area contributed by atoms with Crippen LogP contribution in [0.2, 0.25) is 0 Å². The maximum atomic E-state index is 10.3. The lowest BCUT2D eigenvalue weighted by Gasteiger charge is -1.80. The lowest BCUT2D eigenvalue weighted by Crippen LogP contribution is -2.00. The normalized spacial score (nSPS) is 7.50. The van der Waals surface area contributed by atoms with Crippen LogP contribution in [0.3, 0.4) is 0 Å². The third kappa shape index (κ3) is 27.6. The minimum Gasteiger partial charge on any atom is -0.481 e. The summed E-state index contributed by atoms with van der Waals surface area (Å²) in [5.41, 5.74) is 0. The quantitative estimate of drug-likeness (QED) is 0.598. The van der Waals surface area contributed by atoms with E-state index in [9.17, 15) is 14.0 Å². The summed E-state index contributed by atoms with van der Waals surface area (Å²) < 4.78 is 10.3. The summed E-state index contributed by atoms with van der Waals surface area (Å²) >= 11 is 0. The van der Waals surface area contributed by atoms with Crippen molar-refractivity contribution in [3.8, 4) is 0 Å². The van der Waals surface area contributed by atoms with Crippen LogP contribution in [0, 0.1) is 0 Å². The fraction of sp³-hybridized carbons (Fsp3) is 0.667. The molecule has 0 atom stereocenters. The Balaban J connectivity index is 0. The number of rotatable bonds is 2. The van der Waals surface area contributed by atoms with Crippen LogP contribution < -0.4 is 0 Å². The molecule has 0 saturated heterocycles. The Morgan fingerprint density at radius 1 is 1.50 bits per heavy atom. The molecule has 0 aliphatic carbocycles. The fourth-order valence-corrected chi connectivity index (χ4v) is 0.213. The number of hydrogen-bond donors (Lipinski definition) is 1. The summed E-state index contributed by atoms with van der Waals surface area (Å²) in [6, 6.07) is 0. The van der Waals surface area contributed by atoms with Crippen LogP contribution >= 0.6 is 0 Å². The van der Waals surface area contributed by atoms with Crippen molar-refractivity contribution in [1.29, 1.82) is 0 Å². The van der Waals surface area contributed by atoms with E-state index in [1.54, 1.807) is 0 Å². The molecule has 0 bridgehead atoms. The lowest BCUT2D eigenvalue weighted by molar-refractivity contribution is -0.139. The first-order chi connectivity index (χ1) is 4.54. The van der Waals surface area contributed by atoms with Gasteiger partial charge in [0.25, 0.3) is 0 Å². The van der Waals surface area contributed by atoms with Crippen LogP contribution in [0.5, 0.6) is 0 Å². The molecule has 4 heteroatoms. The van der Waals surface area contributed by atoms with Gasteiger partial charge in [-0.15, -0.1) is 0 Å². The zero-order chi connectivity index (χ0) is 8.57.